The standard InChI is InChI=1S/C10H7NO3/c12-6-11-5-4-7-8(10(13)14)2-1-3-9(7)11/h1-6H,(H,13,14). The first-order chi connectivity index (χ1) is 6.74. The Morgan fingerprint density at radius 3 is 2.79 bits per heavy atom. The fourth-order valence-electron chi connectivity index (χ4n) is 1.47. The molecule has 2 rings (SSSR count). The summed E-state index contributed by atoms with van der Waals surface area (Å²) in [5.41, 5.74) is 0.822. The molecule has 0 spiro atoms. The Morgan fingerprint density at radius 2 is 2.14 bits per heavy atom. The molecule has 4 heteroatoms. The Hall–Kier alpha value is -2.10. The van der Waals surface area contributed by atoms with Crippen LogP contribution >= 0.6 is 0 Å². The van der Waals surface area contributed by atoms with Crippen molar-refractivity contribution in [3.05, 3.63) is 36.0 Å². The molecule has 1 N–H and O–H groups in total. The molecule has 2 aromatic rings. The van der Waals surface area contributed by atoms with Crippen LogP contribution in [-0.4, -0.2) is 22.1 Å². The molecule has 0 saturated carbocycles. The van der Waals surface area contributed by atoms with Gasteiger partial charge in [-0.2, -0.15) is 0 Å². The summed E-state index contributed by atoms with van der Waals surface area (Å²) in [4.78, 5) is 21.4. The van der Waals surface area contributed by atoms with Gasteiger partial charge in [-0.25, -0.2) is 4.79 Å². The number of nitrogens with zero attached hydrogens (tertiary/aromatic N) is 1. The van der Waals surface area contributed by atoms with E-state index in [1.54, 1.807) is 24.4 Å². The van der Waals surface area contributed by atoms with Gasteiger partial charge in [0.1, 0.15) is 0 Å². The number of carboxylic acid groups (broad SMARTS) is 1. The summed E-state index contributed by atoms with van der Waals surface area (Å²) in [7, 11) is 0. The molecule has 0 radical (unpaired) electrons. The van der Waals surface area contributed by atoms with Gasteiger partial charge in [-0.05, 0) is 18.2 Å². The summed E-state index contributed by atoms with van der Waals surface area (Å²) in [5, 5.41) is 9.44. The molecule has 1 aromatic heterocycles. The fraction of sp³-hybridized carbons (Fsp3) is 0. The quantitative estimate of drug-likeness (QED) is 0.726. The number of aromatic nitrogens is 1. The Bertz CT molecular complexity index is 513. The molecule has 1 aromatic carbocycles. The first-order valence-corrected chi connectivity index (χ1v) is 4.02. The number of fused-ring (bicyclic) bond motifs is 1. The van der Waals surface area contributed by atoms with Gasteiger partial charge in [-0.1, -0.05) is 6.07 Å². The van der Waals surface area contributed by atoms with E-state index >= 15 is 0 Å². The van der Waals surface area contributed by atoms with Crippen LogP contribution in [0.1, 0.15) is 10.4 Å². The lowest BCUT2D eigenvalue weighted by molar-refractivity contribution is 0.0699. The maximum absolute atomic E-state index is 10.8. The van der Waals surface area contributed by atoms with Gasteiger partial charge < -0.3 is 5.11 Å². The molecule has 4 nitrogen and oxygen atoms in total. The molecular formula is C10H7NO3. The SMILES string of the molecule is O=Cn1ccc2c(C(=O)O)cccc21. The lowest BCUT2D eigenvalue weighted by Gasteiger charge is -1.97. The highest BCUT2D eigenvalue weighted by Crippen LogP contribution is 2.19. The number of rotatable bonds is 2. The maximum Gasteiger partial charge on any atom is 0.336 e. The van der Waals surface area contributed by atoms with Gasteiger partial charge in [0, 0.05) is 11.6 Å². The molecule has 0 fully saturated rings. The van der Waals surface area contributed by atoms with Crippen LogP contribution in [0.5, 0.6) is 0 Å². The van der Waals surface area contributed by atoms with Gasteiger partial charge >= 0.3 is 5.97 Å². The van der Waals surface area contributed by atoms with Crippen molar-refractivity contribution in [1.29, 1.82) is 0 Å². The Balaban J connectivity index is 2.82. The summed E-state index contributed by atoms with van der Waals surface area (Å²) in [6, 6.07) is 6.45. The molecule has 0 amide bonds. The number of carboxylic acids is 1. The van der Waals surface area contributed by atoms with E-state index in [-0.39, 0.29) is 5.56 Å². The van der Waals surface area contributed by atoms with Crippen LogP contribution in [0.2, 0.25) is 0 Å². The topological polar surface area (TPSA) is 59.3 Å². The summed E-state index contributed by atoms with van der Waals surface area (Å²) >= 11 is 0. The average Bonchev–Trinajstić information content (AvgIpc) is 2.59. The summed E-state index contributed by atoms with van der Waals surface area (Å²) in [5.74, 6) is -0.987. The number of carbonyl (C=O) groups excluding carboxylic acids is 1. The lowest BCUT2D eigenvalue weighted by atomic mass is 10.1. The minimum atomic E-state index is -0.987. The van der Waals surface area contributed by atoms with E-state index in [1.165, 1.54) is 10.6 Å². The minimum Gasteiger partial charge on any atom is -0.478 e. The van der Waals surface area contributed by atoms with Crippen molar-refractivity contribution in [3.8, 4) is 0 Å². The molecule has 0 aliphatic rings. The van der Waals surface area contributed by atoms with Crippen molar-refractivity contribution < 1.29 is 14.7 Å². The number of benzene rings is 1. The highest BCUT2D eigenvalue weighted by atomic mass is 16.4. The highest BCUT2D eigenvalue weighted by molar-refractivity contribution is 6.04. The second-order valence-corrected chi connectivity index (χ2v) is 2.87. The van der Waals surface area contributed by atoms with Crippen LogP contribution in [-0.2, 0) is 4.79 Å². The molecule has 0 aliphatic carbocycles. The summed E-state index contributed by atoms with van der Waals surface area (Å²) in [6.45, 7) is 0. The molecular weight excluding hydrogens is 182 g/mol. The van der Waals surface area contributed by atoms with Gasteiger partial charge in [0.05, 0.1) is 11.1 Å². The van der Waals surface area contributed by atoms with Crippen molar-refractivity contribution in [1.82, 2.24) is 4.57 Å². The van der Waals surface area contributed by atoms with Crippen molar-refractivity contribution in [2.45, 2.75) is 0 Å². The Morgan fingerprint density at radius 1 is 1.36 bits per heavy atom. The van der Waals surface area contributed by atoms with E-state index in [0.29, 0.717) is 17.3 Å². The van der Waals surface area contributed by atoms with E-state index in [0.717, 1.165) is 0 Å². The molecule has 0 unspecified atom stereocenters. The van der Waals surface area contributed by atoms with Crippen molar-refractivity contribution in [2.75, 3.05) is 0 Å². The average molecular weight is 189 g/mol. The van der Waals surface area contributed by atoms with Gasteiger partial charge in [-0.3, -0.25) is 9.36 Å². The molecule has 1 heterocycles. The third-order valence-electron chi connectivity index (χ3n) is 2.11. The van der Waals surface area contributed by atoms with Crippen LogP contribution in [0, 0.1) is 0 Å². The largest absolute Gasteiger partial charge is 0.478 e. The number of hydrogen-bond donors (Lipinski definition) is 1. The summed E-state index contributed by atoms with van der Waals surface area (Å²) < 4.78 is 1.35. The predicted octanol–water partition coefficient (Wildman–Crippen LogP) is 1.38. The van der Waals surface area contributed by atoms with Crippen LogP contribution in [0.3, 0.4) is 0 Å². The molecule has 0 bridgehead atoms. The van der Waals surface area contributed by atoms with Crippen LogP contribution in [0.4, 0.5) is 0 Å². The zero-order chi connectivity index (χ0) is 10.1. The third kappa shape index (κ3) is 1.08. The van der Waals surface area contributed by atoms with Crippen LogP contribution < -0.4 is 0 Å². The second kappa shape index (κ2) is 2.99. The van der Waals surface area contributed by atoms with Crippen molar-refractivity contribution in [2.24, 2.45) is 0 Å². The zero-order valence-corrected chi connectivity index (χ0v) is 7.18. The monoisotopic (exact) mass is 189 g/mol. The molecule has 0 saturated heterocycles. The Labute approximate surface area is 79.4 Å². The van der Waals surface area contributed by atoms with Crippen LogP contribution in [0.25, 0.3) is 10.9 Å². The lowest BCUT2D eigenvalue weighted by Crippen LogP contribution is -1.97. The maximum atomic E-state index is 10.8. The van der Waals surface area contributed by atoms with E-state index in [1.807, 2.05) is 0 Å². The normalized spacial score (nSPS) is 10.3. The van der Waals surface area contributed by atoms with E-state index in [2.05, 4.69) is 0 Å². The van der Waals surface area contributed by atoms with E-state index in [9.17, 15) is 9.59 Å². The van der Waals surface area contributed by atoms with Crippen molar-refractivity contribution >= 4 is 23.3 Å². The van der Waals surface area contributed by atoms with Gasteiger partial charge in [-0.15, -0.1) is 0 Å². The first-order valence-electron chi connectivity index (χ1n) is 4.02. The van der Waals surface area contributed by atoms with E-state index in [4.69, 9.17) is 5.11 Å². The highest BCUT2D eigenvalue weighted by Gasteiger charge is 2.09. The molecule has 14 heavy (non-hydrogen) atoms. The van der Waals surface area contributed by atoms with Gasteiger partial charge in [0.2, 0.25) is 6.41 Å². The molecule has 0 aliphatic heterocycles. The summed E-state index contributed by atoms with van der Waals surface area (Å²) in [6.07, 6.45) is 2.19. The Kier molecular flexibility index (Phi) is 1.81. The predicted molar refractivity (Wildman–Crippen MR) is 51.0 cm³/mol. The zero-order valence-electron chi connectivity index (χ0n) is 7.18. The van der Waals surface area contributed by atoms with Crippen molar-refractivity contribution in [3.63, 3.8) is 0 Å². The minimum absolute atomic E-state index is 0.211. The van der Waals surface area contributed by atoms with Crippen LogP contribution in [0.15, 0.2) is 30.5 Å². The second-order valence-electron chi connectivity index (χ2n) is 2.87. The third-order valence-corrected chi connectivity index (χ3v) is 2.11. The van der Waals surface area contributed by atoms with E-state index < -0.39 is 5.97 Å². The smallest absolute Gasteiger partial charge is 0.336 e. The molecule has 0 atom stereocenters. The number of hydrogen-bond acceptors (Lipinski definition) is 2. The molecule has 70 valence electrons. The first kappa shape index (κ1) is 8.50. The fourth-order valence-corrected chi connectivity index (χ4v) is 1.47. The van der Waals surface area contributed by atoms with Gasteiger partial charge in [0.25, 0.3) is 0 Å². The number of aromatic carboxylic acids is 1. The van der Waals surface area contributed by atoms with Gasteiger partial charge in [0.15, 0.2) is 0 Å². The number of carbonyl (C=O) groups is 2.